The largest absolute Gasteiger partial charge is 0.504 e. The van der Waals surface area contributed by atoms with Crippen LogP contribution in [0.5, 0.6) is 11.5 Å². The Hall–Kier alpha value is -5.24. The third-order valence-corrected chi connectivity index (χ3v) is 10.2. The number of amides is 3. The zero-order chi connectivity index (χ0) is 31.6. The van der Waals surface area contributed by atoms with E-state index in [-0.39, 0.29) is 12.0 Å². The monoisotopic (exact) mass is 620 g/mol. The minimum Gasteiger partial charge on any atom is -0.504 e. The third kappa shape index (κ3) is 5.46. The molecule has 5 rings (SSSR count). The van der Waals surface area contributed by atoms with Gasteiger partial charge in [0.05, 0.1) is 13.0 Å². The van der Waals surface area contributed by atoms with Crippen molar-refractivity contribution in [2.75, 3.05) is 6.54 Å². The van der Waals surface area contributed by atoms with Crippen molar-refractivity contribution in [3.05, 3.63) is 95.6 Å². The van der Waals surface area contributed by atoms with Crippen LogP contribution in [0, 0.1) is 0 Å². The lowest BCUT2D eigenvalue weighted by Gasteiger charge is -2.36. The SMILES string of the molecule is C[C@]1(/C=N/NC(=O)CNC(=O)c2ccc(O)c(O)c2)[C@H](C(=O)OC(c2ccccc2)c2ccccc2)N2C(=O)C[C@H]2S1(=O)=O. The Morgan fingerprint density at radius 2 is 1.64 bits per heavy atom. The van der Waals surface area contributed by atoms with Crippen LogP contribution in [0.15, 0.2) is 84.0 Å². The van der Waals surface area contributed by atoms with Crippen LogP contribution in [0.2, 0.25) is 0 Å². The standard InChI is InChI=1S/C30H28N4O9S/c1-30(17-32-33-23(37)16-31-28(39)20-12-13-21(35)22(36)14-20)27(34-24(38)15-25(34)44(30,41)42)29(40)43-26(18-8-4-2-5-9-18)19-10-6-3-7-11-19/h2-14,17,25-27,35-36H,15-16H2,1H3,(H,31,39)(H,33,37)/b32-17+/t25-,27+,30+/m1/s1. The van der Waals surface area contributed by atoms with E-state index in [2.05, 4.69) is 15.8 Å². The molecule has 2 heterocycles. The average Bonchev–Trinajstić information content (AvgIpc) is 3.15. The van der Waals surface area contributed by atoms with Crippen molar-refractivity contribution in [1.82, 2.24) is 15.6 Å². The van der Waals surface area contributed by atoms with Gasteiger partial charge in [-0.2, -0.15) is 5.10 Å². The van der Waals surface area contributed by atoms with Crippen LogP contribution in [0.4, 0.5) is 0 Å². The molecular weight excluding hydrogens is 592 g/mol. The molecule has 13 nitrogen and oxygen atoms in total. The van der Waals surface area contributed by atoms with E-state index >= 15 is 0 Å². The maximum absolute atomic E-state index is 13.8. The number of carbonyl (C=O) groups is 4. The van der Waals surface area contributed by atoms with Gasteiger partial charge >= 0.3 is 5.97 Å². The van der Waals surface area contributed by atoms with E-state index in [4.69, 9.17) is 4.74 Å². The van der Waals surface area contributed by atoms with Gasteiger partial charge in [0.2, 0.25) is 5.91 Å². The van der Waals surface area contributed by atoms with Gasteiger partial charge in [0.15, 0.2) is 33.5 Å². The first-order valence-corrected chi connectivity index (χ1v) is 15.0. The Balaban J connectivity index is 1.34. The van der Waals surface area contributed by atoms with E-state index in [0.29, 0.717) is 11.1 Å². The molecule has 3 aromatic rings. The molecule has 0 aliphatic carbocycles. The molecule has 14 heteroatoms. The molecule has 0 saturated carbocycles. The maximum atomic E-state index is 13.8. The van der Waals surface area contributed by atoms with Crippen LogP contribution in [0.3, 0.4) is 0 Å². The number of hydrogen-bond acceptors (Lipinski definition) is 10. The molecule has 4 N–H and O–H groups in total. The predicted octanol–water partition coefficient (Wildman–Crippen LogP) is 1.38. The third-order valence-electron chi connectivity index (χ3n) is 7.56. The first-order valence-electron chi connectivity index (χ1n) is 13.4. The van der Waals surface area contributed by atoms with Crippen LogP contribution in [0.1, 0.15) is 40.9 Å². The highest BCUT2D eigenvalue weighted by Crippen LogP contribution is 2.46. The fraction of sp³-hybridized carbons (Fsp3) is 0.233. The van der Waals surface area contributed by atoms with Gasteiger partial charge in [-0.1, -0.05) is 60.7 Å². The quantitative estimate of drug-likeness (QED) is 0.0900. The molecule has 3 atom stereocenters. The summed E-state index contributed by atoms with van der Waals surface area (Å²) in [5.41, 5.74) is 3.35. The number of hydrazone groups is 1. The molecule has 0 spiro atoms. The summed E-state index contributed by atoms with van der Waals surface area (Å²) >= 11 is 0. The number of carbonyl (C=O) groups excluding carboxylic acids is 4. The Kier molecular flexibility index (Phi) is 8.11. The van der Waals surface area contributed by atoms with Gasteiger partial charge < -0.3 is 25.2 Å². The Bertz CT molecular complexity index is 1710. The number of nitrogens with one attached hydrogen (secondary N) is 2. The van der Waals surface area contributed by atoms with Crippen LogP contribution in [-0.4, -0.2) is 76.1 Å². The lowest BCUT2D eigenvalue weighted by molar-refractivity contribution is -0.163. The number of rotatable bonds is 9. The maximum Gasteiger partial charge on any atom is 0.331 e. The molecule has 0 radical (unpaired) electrons. The molecule has 3 amide bonds. The van der Waals surface area contributed by atoms with E-state index in [0.717, 1.165) is 23.2 Å². The molecule has 2 aliphatic rings. The number of esters is 1. The van der Waals surface area contributed by atoms with Crippen LogP contribution in [-0.2, 0) is 29.0 Å². The van der Waals surface area contributed by atoms with Crippen molar-refractivity contribution in [3.8, 4) is 11.5 Å². The smallest absolute Gasteiger partial charge is 0.331 e. The lowest BCUT2D eigenvalue weighted by atomic mass is 9.96. The Labute approximate surface area is 252 Å². The zero-order valence-corrected chi connectivity index (χ0v) is 24.1. The summed E-state index contributed by atoms with van der Waals surface area (Å²) in [4.78, 5) is 52.0. The van der Waals surface area contributed by atoms with Gasteiger partial charge in [0.25, 0.3) is 11.8 Å². The number of fused-ring (bicyclic) bond motifs is 1. The van der Waals surface area contributed by atoms with Crippen molar-refractivity contribution < 1.29 is 42.5 Å². The summed E-state index contributed by atoms with van der Waals surface area (Å²) in [6.07, 6.45) is -0.317. The normalized spacial score (nSPS) is 21.9. The van der Waals surface area contributed by atoms with E-state index in [1.54, 1.807) is 60.7 Å². The molecule has 2 aliphatic heterocycles. The Morgan fingerprint density at radius 1 is 1.02 bits per heavy atom. The molecule has 0 unspecified atom stereocenters. The molecule has 3 aromatic carbocycles. The summed E-state index contributed by atoms with van der Waals surface area (Å²) < 4.78 is 31.0. The van der Waals surface area contributed by atoms with Gasteiger partial charge in [-0.15, -0.1) is 0 Å². The zero-order valence-electron chi connectivity index (χ0n) is 23.3. The molecule has 0 aromatic heterocycles. The van der Waals surface area contributed by atoms with Gasteiger partial charge in [0, 0.05) is 11.8 Å². The minimum absolute atomic E-state index is 0.0268. The Morgan fingerprint density at radius 3 is 2.20 bits per heavy atom. The molecule has 228 valence electrons. The molecule has 2 fully saturated rings. The van der Waals surface area contributed by atoms with Crippen LogP contribution >= 0.6 is 0 Å². The van der Waals surface area contributed by atoms with E-state index < -0.39 is 73.8 Å². The fourth-order valence-electron chi connectivity index (χ4n) is 5.15. The molecule has 44 heavy (non-hydrogen) atoms. The number of benzene rings is 3. The number of phenolic OH excluding ortho intramolecular Hbond substituents is 2. The molecular formula is C30H28N4O9S. The number of ether oxygens (including phenoxy) is 1. The van der Waals surface area contributed by atoms with Gasteiger partial charge in [-0.25, -0.2) is 18.6 Å². The van der Waals surface area contributed by atoms with Gasteiger partial charge in [-0.3, -0.25) is 14.4 Å². The first kappa shape index (κ1) is 30.2. The number of aromatic hydroxyl groups is 2. The summed E-state index contributed by atoms with van der Waals surface area (Å²) in [5.74, 6) is -4.02. The highest BCUT2D eigenvalue weighted by molar-refractivity contribution is 7.94. The van der Waals surface area contributed by atoms with E-state index in [9.17, 15) is 37.8 Å². The number of sulfone groups is 1. The summed E-state index contributed by atoms with van der Waals surface area (Å²) in [7, 11) is -4.20. The van der Waals surface area contributed by atoms with E-state index in [1.807, 2.05) is 0 Å². The van der Waals surface area contributed by atoms with Crippen molar-refractivity contribution in [2.45, 2.75) is 35.6 Å². The van der Waals surface area contributed by atoms with Crippen LogP contribution < -0.4 is 10.7 Å². The summed E-state index contributed by atoms with van der Waals surface area (Å²) in [6, 6.07) is 19.5. The second-order valence-electron chi connectivity index (χ2n) is 10.4. The van der Waals surface area contributed by atoms with Crippen molar-refractivity contribution >= 4 is 39.7 Å². The van der Waals surface area contributed by atoms with Gasteiger partial charge in [0.1, 0.15) is 10.1 Å². The van der Waals surface area contributed by atoms with Crippen molar-refractivity contribution in [3.63, 3.8) is 0 Å². The molecule has 2 saturated heterocycles. The summed E-state index contributed by atoms with van der Waals surface area (Å²) in [5, 5.41) is 23.8. The predicted molar refractivity (Wildman–Crippen MR) is 156 cm³/mol. The first-order chi connectivity index (χ1) is 20.9. The van der Waals surface area contributed by atoms with Crippen molar-refractivity contribution in [1.29, 1.82) is 0 Å². The van der Waals surface area contributed by atoms with Gasteiger partial charge in [-0.05, 0) is 36.2 Å². The number of hydrogen-bond donors (Lipinski definition) is 4. The minimum atomic E-state index is -4.20. The second-order valence-corrected chi connectivity index (χ2v) is 12.9. The fourth-order valence-corrected chi connectivity index (χ4v) is 7.36. The van der Waals surface area contributed by atoms with Crippen molar-refractivity contribution in [2.24, 2.45) is 5.10 Å². The highest BCUT2D eigenvalue weighted by Gasteiger charge is 2.70. The van der Waals surface area contributed by atoms with E-state index in [1.165, 1.54) is 13.0 Å². The topological polar surface area (TPSA) is 192 Å². The number of β-lactam (4-membered cyclic amide) rings is 1. The average molecular weight is 621 g/mol. The number of phenols is 2. The lowest BCUT2D eigenvalue weighted by Crippen LogP contribution is -2.58. The summed E-state index contributed by atoms with van der Waals surface area (Å²) in [6.45, 7) is 0.657. The second kappa shape index (κ2) is 11.8. The van der Waals surface area contributed by atoms with Crippen LogP contribution in [0.25, 0.3) is 0 Å². The highest BCUT2D eigenvalue weighted by atomic mass is 32.2. The molecule has 0 bridgehead atoms. The number of nitrogens with zero attached hydrogens (tertiary/aromatic N) is 2.